The van der Waals surface area contributed by atoms with Gasteiger partial charge in [-0.25, -0.2) is 0 Å². The molecule has 4 heteroatoms. The third-order valence-corrected chi connectivity index (χ3v) is 2.34. The highest BCUT2D eigenvalue weighted by atomic mass is 16.3. The fourth-order valence-electron chi connectivity index (χ4n) is 1.59. The molecule has 1 aromatic heterocycles. The van der Waals surface area contributed by atoms with Crippen molar-refractivity contribution < 1.29 is 9.21 Å². The van der Waals surface area contributed by atoms with Crippen molar-refractivity contribution in [2.75, 3.05) is 6.54 Å². The van der Waals surface area contributed by atoms with Crippen LogP contribution in [0.3, 0.4) is 0 Å². The summed E-state index contributed by atoms with van der Waals surface area (Å²) in [7, 11) is 0. The number of piperazine rings is 1. The van der Waals surface area contributed by atoms with E-state index in [4.69, 9.17) is 4.42 Å². The molecular weight excluding hydrogens is 180 g/mol. The molecule has 1 aliphatic rings. The maximum Gasteiger partial charge on any atom is 0.245 e. The summed E-state index contributed by atoms with van der Waals surface area (Å²) in [5, 5.41) is 6.02. The Balaban J connectivity index is 2.19. The number of amides is 1. The van der Waals surface area contributed by atoms with Gasteiger partial charge in [0, 0.05) is 12.6 Å². The number of carbonyl (C=O) groups is 1. The third kappa shape index (κ3) is 1.65. The van der Waals surface area contributed by atoms with E-state index < -0.39 is 0 Å². The molecular formula is C10H14N2O2. The van der Waals surface area contributed by atoms with Crippen LogP contribution in [-0.4, -0.2) is 18.5 Å². The van der Waals surface area contributed by atoms with Gasteiger partial charge in [0.15, 0.2) is 0 Å². The first-order chi connectivity index (χ1) is 6.66. The molecule has 1 aromatic rings. The molecule has 1 fully saturated rings. The average Bonchev–Trinajstić information content (AvgIpc) is 2.56. The minimum atomic E-state index is -0.340. The van der Waals surface area contributed by atoms with Crippen LogP contribution in [-0.2, 0) is 4.79 Å². The molecule has 4 nitrogen and oxygen atoms in total. The van der Waals surface area contributed by atoms with Crippen molar-refractivity contribution in [2.45, 2.75) is 25.9 Å². The average molecular weight is 194 g/mol. The van der Waals surface area contributed by atoms with Crippen molar-refractivity contribution in [2.24, 2.45) is 0 Å². The topological polar surface area (TPSA) is 54.3 Å². The summed E-state index contributed by atoms with van der Waals surface area (Å²) in [6.45, 7) is 4.57. The van der Waals surface area contributed by atoms with Crippen LogP contribution in [0.1, 0.15) is 24.5 Å². The maximum absolute atomic E-state index is 11.5. The van der Waals surface area contributed by atoms with E-state index in [0.29, 0.717) is 12.3 Å². The Labute approximate surface area is 82.7 Å². The van der Waals surface area contributed by atoms with Crippen LogP contribution in [0, 0.1) is 6.92 Å². The Hall–Kier alpha value is -1.29. The summed E-state index contributed by atoms with van der Waals surface area (Å²) < 4.78 is 5.42. The minimum absolute atomic E-state index is 0.0162. The van der Waals surface area contributed by atoms with Gasteiger partial charge < -0.3 is 9.73 Å². The molecule has 0 aromatic carbocycles. The molecule has 2 unspecified atom stereocenters. The lowest BCUT2D eigenvalue weighted by Gasteiger charge is -2.27. The molecule has 76 valence electrons. The monoisotopic (exact) mass is 194 g/mol. The molecule has 0 radical (unpaired) electrons. The summed E-state index contributed by atoms with van der Waals surface area (Å²) in [4.78, 5) is 11.5. The van der Waals surface area contributed by atoms with E-state index in [-0.39, 0.29) is 18.0 Å². The second kappa shape index (κ2) is 3.46. The van der Waals surface area contributed by atoms with Crippen LogP contribution in [0.5, 0.6) is 0 Å². The van der Waals surface area contributed by atoms with E-state index in [1.807, 2.05) is 26.0 Å². The van der Waals surface area contributed by atoms with Gasteiger partial charge in [0.25, 0.3) is 0 Å². The zero-order chi connectivity index (χ0) is 10.1. The molecule has 0 aliphatic carbocycles. The predicted molar refractivity (Wildman–Crippen MR) is 51.8 cm³/mol. The number of nitrogens with one attached hydrogen (secondary N) is 2. The summed E-state index contributed by atoms with van der Waals surface area (Å²) in [6.07, 6.45) is 0. The summed E-state index contributed by atoms with van der Waals surface area (Å²) in [6, 6.07) is 3.64. The van der Waals surface area contributed by atoms with Gasteiger partial charge in [-0.3, -0.25) is 10.1 Å². The van der Waals surface area contributed by atoms with E-state index in [1.165, 1.54) is 0 Å². The maximum atomic E-state index is 11.5. The molecule has 2 rings (SSSR count). The Morgan fingerprint density at radius 2 is 2.29 bits per heavy atom. The number of hydrogen-bond acceptors (Lipinski definition) is 3. The summed E-state index contributed by atoms with van der Waals surface area (Å²) >= 11 is 0. The normalized spacial score (nSPS) is 27.4. The zero-order valence-electron chi connectivity index (χ0n) is 8.33. The number of furan rings is 1. The zero-order valence-corrected chi connectivity index (χ0v) is 8.33. The Morgan fingerprint density at radius 3 is 2.93 bits per heavy atom. The second-order valence-electron chi connectivity index (χ2n) is 3.69. The van der Waals surface area contributed by atoms with Gasteiger partial charge in [-0.1, -0.05) is 0 Å². The first kappa shape index (κ1) is 9.27. The van der Waals surface area contributed by atoms with Gasteiger partial charge in [0.2, 0.25) is 5.91 Å². The molecule has 14 heavy (non-hydrogen) atoms. The van der Waals surface area contributed by atoms with E-state index in [0.717, 1.165) is 5.76 Å². The minimum Gasteiger partial charge on any atom is -0.464 e. The Bertz CT molecular complexity index is 346. The highest BCUT2D eigenvalue weighted by Gasteiger charge is 2.28. The van der Waals surface area contributed by atoms with Crippen molar-refractivity contribution in [1.82, 2.24) is 10.6 Å². The lowest BCUT2D eigenvalue weighted by Crippen LogP contribution is -2.52. The van der Waals surface area contributed by atoms with Crippen LogP contribution < -0.4 is 10.6 Å². The van der Waals surface area contributed by atoms with Crippen LogP contribution in [0.4, 0.5) is 0 Å². The van der Waals surface area contributed by atoms with Crippen molar-refractivity contribution in [1.29, 1.82) is 0 Å². The Morgan fingerprint density at radius 1 is 1.50 bits per heavy atom. The van der Waals surface area contributed by atoms with Crippen LogP contribution in [0.15, 0.2) is 16.5 Å². The standard InChI is InChI=1S/C10H14N2O2/c1-6-5-11-10(13)9(12-6)8-4-3-7(2)14-8/h3-4,6,9,12H,5H2,1-2H3,(H,11,13). The van der Waals surface area contributed by atoms with E-state index in [1.54, 1.807) is 0 Å². The largest absolute Gasteiger partial charge is 0.464 e. The fourth-order valence-corrected chi connectivity index (χ4v) is 1.59. The van der Waals surface area contributed by atoms with Crippen molar-refractivity contribution in [3.8, 4) is 0 Å². The number of rotatable bonds is 1. The van der Waals surface area contributed by atoms with E-state index in [2.05, 4.69) is 10.6 Å². The number of aryl methyl sites for hydroxylation is 1. The summed E-state index contributed by atoms with van der Waals surface area (Å²) in [5.41, 5.74) is 0. The molecule has 2 heterocycles. The molecule has 2 N–H and O–H groups in total. The quantitative estimate of drug-likeness (QED) is 0.693. The second-order valence-corrected chi connectivity index (χ2v) is 3.69. The van der Waals surface area contributed by atoms with Gasteiger partial charge >= 0.3 is 0 Å². The predicted octanol–water partition coefficient (Wildman–Crippen LogP) is 0.737. The van der Waals surface area contributed by atoms with E-state index >= 15 is 0 Å². The SMILES string of the molecule is Cc1ccc(C2NC(C)CNC2=O)o1. The first-order valence-corrected chi connectivity index (χ1v) is 4.77. The highest BCUT2D eigenvalue weighted by molar-refractivity contribution is 5.83. The molecule has 2 atom stereocenters. The Kier molecular flexibility index (Phi) is 2.29. The van der Waals surface area contributed by atoms with Gasteiger partial charge in [-0.2, -0.15) is 0 Å². The van der Waals surface area contributed by atoms with Gasteiger partial charge in [0.1, 0.15) is 17.6 Å². The molecule has 0 saturated carbocycles. The molecule has 0 spiro atoms. The van der Waals surface area contributed by atoms with Crippen LogP contribution >= 0.6 is 0 Å². The first-order valence-electron chi connectivity index (χ1n) is 4.77. The van der Waals surface area contributed by atoms with Gasteiger partial charge in [-0.15, -0.1) is 0 Å². The van der Waals surface area contributed by atoms with Gasteiger partial charge in [-0.05, 0) is 26.0 Å². The van der Waals surface area contributed by atoms with E-state index in [9.17, 15) is 4.79 Å². The summed E-state index contributed by atoms with van der Waals surface area (Å²) in [5.74, 6) is 1.50. The lowest BCUT2D eigenvalue weighted by atomic mass is 10.1. The van der Waals surface area contributed by atoms with Crippen molar-refractivity contribution in [3.63, 3.8) is 0 Å². The van der Waals surface area contributed by atoms with Crippen LogP contribution in [0.25, 0.3) is 0 Å². The molecule has 0 bridgehead atoms. The third-order valence-electron chi connectivity index (χ3n) is 2.34. The lowest BCUT2D eigenvalue weighted by molar-refractivity contribution is -0.125. The molecule has 1 saturated heterocycles. The number of carbonyl (C=O) groups excluding carboxylic acids is 1. The number of hydrogen-bond donors (Lipinski definition) is 2. The fraction of sp³-hybridized carbons (Fsp3) is 0.500. The highest BCUT2D eigenvalue weighted by Crippen LogP contribution is 2.18. The molecule has 1 amide bonds. The van der Waals surface area contributed by atoms with Gasteiger partial charge in [0.05, 0.1) is 0 Å². The molecule has 1 aliphatic heterocycles. The smallest absolute Gasteiger partial charge is 0.245 e. The van der Waals surface area contributed by atoms with Crippen molar-refractivity contribution in [3.05, 3.63) is 23.7 Å². The van der Waals surface area contributed by atoms with Crippen LogP contribution in [0.2, 0.25) is 0 Å². The van der Waals surface area contributed by atoms with Crippen molar-refractivity contribution >= 4 is 5.91 Å².